The van der Waals surface area contributed by atoms with Crippen LogP contribution in [0.3, 0.4) is 0 Å². The number of nitrogens with one attached hydrogen (secondary N) is 1. The zero-order valence-electron chi connectivity index (χ0n) is 14.0. The van der Waals surface area contributed by atoms with Gasteiger partial charge in [-0.15, -0.1) is 5.10 Å². The molecule has 0 aromatic carbocycles. The minimum atomic E-state index is -2.71. The number of aromatic nitrogens is 3. The summed E-state index contributed by atoms with van der Waals surface area (Å²) in [4.78, 5) is 4.05. The number of anilines is 1. The van der Waals surface area contributed by atoms with Crippen LogP contribution in [0.15, 0.2) is 22.8 Å². The van der Waals surface area contributed by atoms with E-state index in [1.807, 2.05) is 0 Å². The average Bonchev–Trinajstić information content (AvgIpc) is 3.21. The molecule has 5 nitrogen and oxygen atoms in total. The number of furan rings is 1. The van der Waals surface area contributed by atoms with Crippen LogP contribution in [0.4, 0.5) is 19.0 Å². The van der Waals surface area contributed by atoms with E-state index in [1.165, 1.54) is 10.8 Å². The highest BCUT2D eigenvalue weighted by Crippen LogP contribution is 2.45. The van der Waals surface area contributed by atoms with E-state index in [-0.39, 0.29) is 59.6 Å². The second-order valence-electron chi connectivity index (χ2n) is 6.57. The minimum Gasteiger partial charge on any atom is -0.467 e. The highest BCUT2D eigenvalue weighted by atomic mass is 35.5. The summed E-state index contributed by atoms with van der Waals surface area (Å²) in [5, 5.41) is 6.84. The third-order valence-corrected chi connectivity index (χ3v) is 5.33. The van der Waals surface area contributed by atoms with Gasteiger partial charge in [-0.3, -0.25) is 0 Å². The fourth-order valence-corrected chi connectivity index (χ4v) is 3.98. The van der Waals surface area contributed by atoms with Gasteiger partial charge in [-0.1, -0.05) is 11.6 Å². The zero-order valence-corrected chi connectivity index (χ0v) is 15.5. The molecule has 0 bridgehead atoms. The van der Waals surface area contributed by atoms with Gasteiger partial charge >= 0.3 is 0 Å². The molecule has 1 fully saturated rings. The first-order valence-electron chi connectivity index (χ1n) is 8.43. The molecule has 3 heterocycles. The first-order valence-corrected chi connectivity index (χ1v) is 9.18. The summed E-state index contributed by atoms with van der Waals surface area (Å²) >= 11 is 12.3. The van der Waals surface area contributed by atoms with Crippen LogP contribution in [0.2, 0.25) is 10.4 Å². The molecule has 3 aromatic heterocycles. The van der Waals surface area contributed by atoms with Crippen LogP contribution < -0.4 is 5.32 Å². The molecule has 144 valence electrons. The number of alkyl halides is 2. The van der Waals surface area contributed by atoms with Crippen LogP contribution >= 0.6 is 23.2 Å². The lowest BCUT2D eigenvalue weighted by molar-refractivity contribution is -0.0384. The van der Waals surface area contributed by atoms with Crippen molar-refractivity contribution in [2.24, 2.45) is 0 Å². The Morgan fingerprint density at radius 3 is 2.70 bits per heavy atom. The standard InChI is InChI=1S/C17H15Cl2F3N4O/c18-14-11(9-3-5-17(21,22)6-4-9)12(20)13-15(24-16(19)25-26(13)14)23-8-10-2-1-7-27-10/h1-2,7,9H,3-6,8H2,(H,23,24,25). The van der Waals surface area contributed by atoms with Gasteiger partial charge in [0.05, 0.1) is 12.8 Å². The maximum atomic E-state index is 15.2. The van der Waals surface area contributed by atoms with Crippen LogP contribution in [0, 0.1) is 5.82 Å². The summed E-state index contributed by atoms with van der Waals surface area (Å²) in [5.41, 5.74) is 0.216. The van der Waals surface area contributed by atoms with Gasteiger partial charge in [-0.25, -0.2) is 17.7 Å². The maximum absolute atomic E-state index is 15.2. The monoisotopic (exact) mass is 418 g/mol. The molecular formula is C17H15Cl2F3N4O. The fraction of sp³-hybridized carbons (Fsp3) is 0.412. The van der Waals surface area contributed by atoms with Crippen molar-refractivity contribution in [3.8, 4) is 0 Å². The van der Waals surface area contributed by atoms with Crippen molar-refractivity contribution < 1.29 is 17.6 Å². The van der Waals surface area contributed by atoms with Crippen LogP contribution in [-0.4, -0.2) is 20.5 Å². The largest absolute Gasteiger partial charge is 0.467 e. The molecule has 27 heavy (non-hydrogen) atoms. The molecule has 4 rings (SSSR count). The van der Waals surface area contributed by atoms with E-state index in [0.717, 1.165) is 0 Å². The van der Waals surface area contributed by atoms with E-state index >= 15 is 4.39 Å². The summed E-state index contributed by atoms with van der Waals surface area (Å²) in [7, 11) is 0. The molecule has 1 N–H and O–H groups in total. The molecule has 0 saturated heterocycles. The molecule has 3 aromatic rings. The van der Waals surface area contributed by atoms with E-state index in [4.69, 9.17) is 27.6 Å². The predicted molar refractivity (Wildman–Crippen MR) is 95.2 cm³/mol. The Morgan fingerprint density at radius 2 is 2.04 bits per heavy atom. The lowest BCUT2D eigenvalue weighted by Crippen LogP contribution is -2.23. The van der Waals surface area contributed by atoms with Gasteiger partial charge in [0.1, 0.15) is 16.4 Å². The lowest BCUT2D eigenvalue weighted by atomic mass is 9.83. The Labute approximate surface area is 162 Å². The van der Waals surface area contributed by atoms with Crippen molar-refractivity contribution >= 4 is 34.5 Å². The third kappa shape index (κ3) is 3.48. The van der Waals surface area contributed by atoms with Crippen molar-refractivity contribution in [3.63, 3.8) is 0 Å². The van der Waals surface area contributed by atoms with Crippen molar-refractivity contribution in [3.05, 3.63) is 46.0 Å². The number of halogens is 5. The van der Waals surface area contributed by atoms with Crippen molar-refractivity contribution in [2.75, 3.05) is 5.32 Å². The Balaban J connectivity index is 1.73. The van der Waals surface area contributed by atoms with Crippen LogP contribution in [0.25, 0.3) is 5.52 Å². The first kappa shape index (κ1) is 18.4. The fourth-order valence-electron chi connectivity index (χ4n) is 3.46. The number of rotatable bonds is 4. The molecule has 10 heteroatoms. The summed E-state index contributed by atoms with van der Waals surface area (Å²) in [6.45, 7) is 0.253. The number of hydrogen-bond acceptors (Lipinski definition) is 4. The molecule has 0 atom stereocenters. The molecule has 0 amide bonds. The second kappa shape index (κ2) is 6.91. The molecule has 0 unspecified atom stereocenters. The van der Waals surface area contributed by atoms with Crippen molar-refractivity contribution in [1.29, 1.82) is 0 Å². The van der Waals surface area contributed by atoms with E-state index in [9.17, 15) is 8.78 Å². The molecule has 1 saturated carbocycles. The predicted octanol–water partition coefficient (Wildman–Crippen LogP) is 5.67. The van der Waals surface area contributed by atoms with Gasteiger partial charge in [-0.05, 0) is 42.5 Å². The topological polar surface area (TPSA) is 55.4 Å². The van der Waals surface area contributed by atoms with Gasteiger partial charge in [-0.2, -0.15) is 4.98 Å². The highest BCUT2D eigenvalue weighted by molar-refractivity contribution is 6.31. The highest BCUT2D eigenvalue weighted by Gasteiger charge is 2.38. The lowest BCUT2D eigenvalue weighted by Gasteiger charge is -2.28. The van der Waals surface area contributed by atoms with Gasteiger partial charge < -0.3 is 9.73 Å². The molecule has 1 aliphatic carbocycles. The Bertz CT molecular complexity index is 965. The van der Waals surface area contributed by atoms with Gasteiger partial charge in [0.15, 0.2) is 11.6 Å². The minimum absolute atomic E-state index is 0.0306. The quantitative estimate of drug-likeness (QED) is 0.592. The Morgan fingerprint density at radius 1 is 1.30 bits per heavy atom. The number of nitrogens with zero attached hydrogens (tertiary/aromatic N) is 3. The van der Waals surface area contributed by atoms with Crippen molar-refractivity contribution in [1.82, 2.24) is 14.6 Å². The maximum Gasteiger partial charge on any atom is 0.248 e. The first-order chi connectivity index (χ1) is 12.9. The molecule has 0 aliphatic heterocycles. The Hall–Kier alpha value is -1.93. The number of fused-ring (bicyclic) bond motifs is 1. The molecule has 0 radical (unpaired) electrons. The van der Waals surface area contributed by atoms with E-state index in [2.05, 4.69) is 15.4 Å². The normalized spacial score (nSPS) is 17.5. The summed E-state index contributed by atoms with van der Waals surface area (Å²) in [6, 6.07) is 3.48. The smallest absolute Gasteiger partial charge is 0.248 e. The Kier molecular flexibility index (Phi) is 4.71. The zero-order chi connectivity index (χ0) is 19.2. The van der Waals surface area contributed by atoms with Gasteiger partial charge in [0, 0.05) is 18.4 Å². The summed E-state index contributed by atoms with van der Waals surface area (Å²) in [6.07, 6.45) is 1.23. The van der Waals surface area contributed by atoms with Crippen molar-refractivity contribution in [2.45, 2.75) is 44.1 Å². The summed E-state index contributed by atoms with van der Waals surface area (Å²) in [5.74, 6) is -2.96. The van der Waals surface area contributed by atoms with Gasteiger partial charge in [0.2, 0.25) is 11.2 Å². The molecule has 1 aliphatic rings. The third-order valence-electron chi connectivity index (χ3n) is 4.81. The van der Waals surface area contributed by atoms with E-state index < -0.39 is 17.7 Å². The van der Waals surface area contributed by atoms with E-state index in [1.54, 1.807) is 12.1 Å². The summed E-state index contributed by atoms with van der Waals surface area (Å²) < 4.78 is 48.6. The van der Waals surface area contributed by atoms with Crippen LogP contribution in [0.1, 0.15) is 42.9 Å². The second-order valence-corrected chi connectivity index (χ2v) is 7.27. The van der Waals surface area contributed by atoms with Crippen LogP contribution in [0.5, 0.6) is 0 Å². The van der Waals surface area contributed by atoms with E-state index in [0.29, 0.717) is 5.76 Å². The molecule has 0 spiro atoms. The number of hydrogen-bond donors (Lipinski definition) is 1. The molecular weight excluding hydrogens is 404 g/mol. The van der Waals surface area contributed by atoms with Crippen LogP contribution in [-0.2, 0) is 6.54 Å². The van der Waals surface area contributed by atoms with Gasteiger partial charge in [0.25, 0.3) is 0 Å². The SMILES string of the molecule is Fc1c(C2CCC(F)(F)CC2)c(Cl)n2nc(Cl)nc(NCc3ccco3)c12. The average molecular weight is 419 g/mol.